The second-order valence-corrected chi connectivity index (χ2v) is 6.63. The molecule has 0 aliphatic heterocycles. The molecule has 0 spiro atoms. The Bertz CT molecular complexity index is 768. The van der Waals surface area contributed by atoms with Gasteiger partial charge in [-0.15, -0.1) is 11.3 Å². The third-order valence-corrected chi connectivity index (χ3v) is 5.23. The molecular formula is C15H15N3OS2. The fourth-order valence-corrected chi connectivity index (χ4v) is 3.91. The van der Waals surface area contributed by atoms with Crippen LogP contribution in [0.3, 0.4) is 0 Å². The average Bonchev–Trinajstić information content (AvgIpc) is 2.91. The molecule has 0 atom stereocenters. The Morgan fingerprint density at radius 2 is 2.00 bits per heavy atom. The normalized spacial score (nSPS) is 11.0. The fourth-order valence-electron chi connectivity index (χ4n) is 1.97. The molecule has 0 unspecified atom stereocenters. The summed E-state index contributed by atoms with van der Waals surface area (Å²) in [6.07, 6.45) is 0.994. The first kappa shape index (κ1) is 14.2. The molecule has 0 saturated heterocycles. The number of aryl methyl sites for hydroxylation is 1. The molecule has 0 aliphatic carbocycles. The highest BCUT2D eigenvalue weighted by Gasteiger charge is 2.11. The lowest BCUT2D eigenvalue weighted by Crippen LogP contribution is -1.95. The van der Waals surface area contributed by atoms with E-state index in [-0.39, 0.29) is 0 Å². The van der Waals surface area contributed by atoms with Crippen LogP contribution in [-0.4, -0.2) is 17.1 Å². The second kappa shape index (κ2) is 5.91. The smallest absolute Gasteiger partial charge is 0.222 e. The summed E-state index contributed by atoms with van der Waals surface area (Å²) in [5.41, 5.74) is 5.83. The third kappa shape index (κ3) is 2.96. The molecule has 0 fully saturated rings. The molecule has 3 rings (SSSR count). The summed E-state index contributed by atoms with van der Waals surface area (Å²) in [5.74, 6) is 1.17. The average molecular weight is 317 g/mol. The van der Waals surface area contributed by atoms with E-state index in [1.54, 1.807) is 30.2 Å². The summed E-state index contributed by atoms with van der Waals surface area (Å²) in [6, 6.07) is 10.1. The van der Waals surface area contributed by atoms with Gasteiger partial charge < -0.3 is 10.5 Å². The molecule has 0 aliphatic rings. The molecule has 3 aromatic rings. The van der Waals surface area contributed by atoms with Crippen molar-refractivity contribution in [2.45, 2.75) is 23.3 Å². The first-order valence-corrected chi connectivity index (χ1v) is 8.20. The van der Waals surface area contributed by atoms with Crippen molar-refractivity contribution in [1.82, 2.24) is 9.97 Å². The number of anilines is 1. The summed E-state index contributed by atoms with van der Waals surface area (Å²) >= 11 is 3.27. The highest BCUT2D eigenvalue weighted by molar-refractivity contribution is 7.99. The van der Waals surface area contributed by atoms with Crippen molar-refractivity contribution in [2.24, 2.45) is 0 Å². The first-order chi connectivity index (χ1) is 10.2. The number of fused-ring (bicyclic) bond motifs is 1. The number of methoxy groups -OCH3 is 1. The lowest BCUT2D eigenvalue weighted by atomic mass is 10.3. The molecule has 21 heavy (non-hydrogen) atoms. The number of nitrogen functional groups attached to an aromatic ring is 1. The highest BCUT2D eigenvalue weighted by Crippen LogP contribution is 2.36. The van der Waals surface area contributed by atoms with E-state index in [0.29, 0.717) is 5.95 Å². The molecule has 2 aromatic heterocycles. The molecule has 0 bridgehead atoms. The van der Waals surface area contributed by atoms with Gasteiger partial charge in [0, 0.05) is 15.2 Å². The van der Waals surface area contributed by atoms with E-state index < -0.39 is 0 Å². The van der Waals surface area contributed by atoms with E-state index in [1.807, 2.05) is 24.3 Å². The van der Waals surface area contributed by atoms with Gasteiger partial charge in [-0.3, -0.25) is 0 Å². The summed E-state index contributed by atoms with van der Waals surface area (Å²) in [6.45, 7) is 2.14. The van der Waals surface area contributed by atoms with Gasteiger partial charge in [0.05, 0.1) is 7.11 Å². The number of aromatic nitrogens is 2. The lowest BCUT2D eigenvalue weighted by Gasteiger charge is -2.04. The van der Waals surface area contributed by atoms with Crippen LogP contribution >= 0.6 is 23.1 Å². The molecule has 6 heteroatoms. The Labute approximate surface area is 131 Å². The summed E-state index contributed by atoms with van der Waals surface area (Å²) in [4.78, 5) is 12.1. The quantitative estimate of drug-likeness (QED) is 0.737. The zero-order valence-corrected chi connectivity index (χ0v) is 13.4. The number of hydrogen-bond acceptors (Lipinski definition) is 6. The monoisotopic (exact) mass is 317 g/mol. The van der Waals surface area contributed by atoms with Gasteiger partial charge in [-0.1, -0.05) is 18.7 Å². The maximum atomic E-state index is 5.83. The summed E-state index contributed by atoms with van der Waals surface area (Å²) < 4.78 is 5.17. The number of nitrogens with zero attached hydrogens (tertiary/aromatic N) is 2. The Morgan fingerprint density at radius 3 is 2.67 bits per heavy atom. The second-order valence-electron chi connectivity index (χ2n) is 4.45. The number of hydrogen-bond donors (Lipinski definition) is 1. The molecule has 0 saturated carbocycles. The van der Waals surface area contributed by atoms with E-state index in [9.17, 15) is 0 Å². The van der Waals surface area contributed by atoms with Crippen LogP contribution in [0.15, 0.2) is 40.3 Å². The van der Waals surface area contributed by atoms with Crippen LogP contribution in [0.2, 0.25) is 0 Å². The van der Waals surface area contributed by atoms with Crippen LogP contribution < -0.4 is 10.5 Å². The minimum absolute atomic E-state index is 0.322. The van der Waals surface area contributed by atoms with Gasteiger partial charge in [-0.25, -0.2) is 9.97 Å². The molecule has 0 amide bonds. The predicted molar refractivity (Wildman–Crippen MR) is 88.3 cm³/mol. The fraction of sp³-hybridized carbons (Fsp3) is 0.200. The van der Waals surface area contributed by atoms with Crippen molar-refractivity contribution in [3.05, 3.63) is 35.2 Å². The highest BCUT2D eigenvalue weighted by atomic mass is 32.2. The van der Waals surface area contributed by atoms with Crippen LogP contribution in [-0.2, 0) is 6.42 Å². The van der Waals surface area contributed by atoms with Crippen LogP contribution in [0.1, 0.15) is 11.8 Å². The predicted octanol–water partition coefficient (Wildman–Crippen LogP) is 4.00. The van der Waals surface area contributed by atoms with Crippen LogP contribution in [0.25, 0.3) is 10.2 Å². The molecule has 1 aromatic carbocycles. The van der Waals surface area contributed by atoms with E-state index in [4.69, 9.17) is 10.5 Å². The number of ether oxygens (including phenoxy) is 1. The van der Waals surface area contributed by atoms with E-state index >= 15 is 0 Å². The van der Waals surface area contributed by atoms with Crippen molar-refractivity contribution >= 4 is 39.3 Å². The first-order valence-electron chi connectivity index (χ1n) is 6.57. The van der Waals surface area contributed by atoms with Gasteiger partial charge in [0.15, 0.2) is 0 Å². The van der Waals surface area contributed by atoms with Crippen LogP contribution in [0.5, 0.6) is 5.75 Å². The zero-order valence-electron chi connectivity index (χ0n) is 11.8. The number of thiophene rings is 1. The number of benzene rings is 1. The Kier molecular flexibility index (Phi) is 3.98. The van der Waals surface area contributed by atoms with Gasteiger partial charge >= 0.3 is 0 Å². The lowest BCUT2D eigenvalue weighted by molar-refractivity contribution is 0.414. The van der Waals surface area contributed by atoms with Crippen molar-refractivity contribution in [2.75, 3.05) is 12.8 Å². The number of nitrogens with two attached hydrogens (primary N) is 1. The van der Waals surface area contributed by atoms with Crippen molar-refractivity contribution < 1.29 is 4.74 Å². The number of rotatable bonds is 4. The van der Waals surface area contributed by atoms with E-state index in [1.165, 1.54) is 4.88 Å². The van der Waals surface area contributed by atoms with Gasteiger partial charge in [0.1, 0.15) is 15.6 Å². The van der Waals surface area contributed by atoms with E-state index in [2.05, 4.69) is 23.0 Å². The standard InChI is InChI=1S/C15H15N3OS2/c1-3-10-8-12-13(20-10)17-15(16)18-14(12)21-11-6-4-9(19-2)5-7-11/h4-8H,3H2,1-2H3,(H2,16,17,18). The molecule has 0 radical (unpaired) electrons. The van der Waals surface area contributed by atoms with Gasteiger partial charge in [-0.2, -0.15) is 0 Å². The minimum Gasteiger partial charge on any atom is -0.497 e. The molecular weight excluding hydrogens is 302 g/mol. The Balaban J connectivity index is 2.00. The zero-order chi connectivity index (χ0) is 14.8. The SMILES string of the molecule is CCc1cc2c(Sc3ccc(OC)cc3)nc(N)nc2s1. The molecule has 2 N–H and O–H groups in total. The Morgan fingerprint density at radius 1 is 1.24 bits per heavy atom. The van der Waals surface area contributed by atoms with Gasteiger partial charge in [0.2, 0.25) is 5.95 Å². The summed E-state index contributed by atoms with van der Waals surface area (Å²) in [7, 11) is 1.66. The van der Waals surface area contributed by atoms with Crippen molar-refractivity contribution in [1.29, 1.82) is 0 Å². The molecule has 2 heterocycles. The largest absolute Gasteiger partial charge is 0.497 e. The van der Waals surface area contributed by atoms with Gasteiger partial charge in [-0.05, 0) is 36.8 Å². The van der Waals surface area contributed by atoms with Crippen molar-refractivity contribution in [3.8, 4) is 5.75 Å². The maximum Gasteiger partial charge on any atom is 0.222 e. The van der Waals surface area contributed by atoms with Crippen LogP contribution in [0, 0.1) is 0 Å². The topological polar surface area (TPSA) is 61.0 Å². The minimum atomic E-state index is 0.322. The van der Waals surface area contributed by atoms with Crippen LogP contribution in [0.4, 0.5) is 5.95 Å². The summed E-state index contributed by atoms with van der Waals surface area (Å²) in [5, 5.41) is 1.98. The Hall–Kier alpha value is -1.79. The van der Waals surface area contributed by atoms with Crippen molar-refractivity contribution in [3.63, 3.8) is 0 Å². The van der Waals surface area contributed by atoms with Gasteiger partial charge in [0.25, 0.3) is 0 Å². The third-order valence-electron chi connectivity index (χ3n) is 3.05. The van der Waals surface area contributed by atoms with E-state index in [0.717, 1.165) is 32.3 Å². The molecule has 108 valence electrons. The maximum absolute atomic E-state index is 5.83. The molecule has 4 nitrogen and oxygen atoms in total.